The van der Waals surface area contributed by atoms with Gasteiger partial charge in [0.2, 0.25) is 0 Å². The molecule has 0 amide bonds. The Morgan fingerprint density at radius 3 is 2.38 bits per heavy atom. The zero-order valence-corrected chi connectivity index (χ0v) is 14.9. The maximum Gasteiger partial charge on any atom is 0.335 e. The Kier molecular flexibility index (Phi) is 6.38. The van der Waals surface area contributed by atoms with Crippen LogP contribution in [0.2, 0.25) is 0 Å². The summed E-state index contributed by atoms with van der Waals surface area (Å²) in [5, 5.41) is 0. The molecular weight excluding hydrogens is 300 g/mol. The molecule has 130 valence electrons. The average Bonchev–Trinajstić information content (AvgIpc) is 2.59. The zero-order valence-electron chi connectivity index (χ0n) is 14.9. The topological polar surface area (TPSA) is 35.5 Å². The smallest absolute Gasteiger partial charge is 0.335 e. The van der Waals surface area contributed by atoms with Crippen LogP contribution in [0.4, 0.5) is 0 Å². The molecule has 2 aliphatic carbocycles. The number of esters is 1. The molecule has 0 aromatic heterocycles. The van der Waals surface area contributed by atoms with E-state index in [1.165, 1.54) is 7.11 Å². The molecule has 1 atom stereocenters. The summed E-state index contributed by atoms with van der Waals surface area (Å²) in [6, 6.07) is 0. The van der Waals surface area contributed by atoms with Crippen molar-refractivity contribution in [2.45, 2.75) is 39.2 Å². The summed E-state index contributed by atoms with van der Waals surface area (Å²) < 4.78 is 10.2. The van der Waals surface area contributed by atoms with Gasteiger partial charge in [-0.25, -0.2) is 4.79 Å². The molecular formula is C21H28O3. The van der Waals surface area contributed by atoms with Crippen molar-refractivity contribution in [3.8, 4) is 0 Å². The quantitative estimate of drug-likeness (QED) is 0.508. The van der Waals surface area contributed by atoms with Crippen LogP contribution in [0.25, 0.3) is 0 Å². The maximum atomic E-state index is 11.7. The lowest BCUT2D eigenvalue weighted by Crippen LogP contribution is -2.24. The normalized spacial score (nSPS) is 21.5. The van der Waals surface area contributed by atoms with Crippen molar-refractivity contribution in [1.29, 1.82) is 0 Å². The Morgan fingerprint density at radius 1 is 1.12 bits per heavy atom. The lowest BCUT2D eigenvalue weighted by atomic mass is 9.73. The summed E-state index contributed by atoms with van der Waals surface area (Å²) in [6.07, 6.45) is 24.0. The lowest BCUT2D eigenvalue weighted by Gasteiger charge is -2.31. The van der Waals surface area contributed by atoms with Crippen molar-refractivity contribution in [2.24, 2.45) is 10.8 Å². The van der Waals surface area contributed by atoms with Crippen LogP contribution in [-0.2, 0) is 14.3 Å². The van der Waals surface area contributed by atoms with Gasteiger partial charge < -0.3 is 9.47 Å². The first kappa shape index (κ1) is 18.5. The molecule has 0 fully saturated rings. The zero-order chi connectivity index (χ0) is 17.5. The number of ether oxygens (including phenoxy) is 2. The molecule has 0 saturated heterocycles. The molecule has 1 unspecified atom stereocenters. The molecule has 0 N–H and O–H groups in total. The summed E-state index contributed by atoms with van der Waals surface area (Å²) in [7, 11) is 1.54. The Labute approximate surface area is 145 Å². The van der Waals surface area contributed by atoms with Crippen LogP contribution < -0.4 is 0 Å². The molecule has 3 nitrogen and oxygen atoms in total. The molecule has 0 saturated carbocycles. The highest BCUT2D eigenvalue weighted by Crippen LogP contribution is 2.39. The Balaban J connectivity index is 1.88. The monoisotopic (exact) mass is 328 g/mol. The van der Waals surface area contributed by atoms with Gasteiger partial charge in [0.25, 0.3) is 0 Å². The SMILES string of the molecule is CCOC(=O)C(C/C=C/CC1(C)C=CC2(C=CCC=C2)C=C1)OC. The third kappa shape index (κ3) is 4.81. The molecule has 1 spiro atoms. The van der Waals surface area contributed by atoms with Crippen LogP contribution in [0, 0.1) is 10.8 Å². The molecule has 0 aromatic rings. The molecule has 2 aliphatic rings. The molecule has 3 heteroatoms. The number of hydrogen-bond donors (Lipinski definition) is 0. The second-order valence-corrected chi connectivity index (χ2v) is 6.60. The Bertz CT molecular complexity index is 550. The van der Waals surface area contributed by atoms with Gasteiger partial charge in [-0.1, -0.05) is 67.7 Å². The van der Waals surface area contributed by atoms with Crippen molar-refractivity contribution >= 4 is 5.97 Å². The summed E-state index contributed by atoms with van der Waals surface area (Å²) in [4.78, 5) is 11.7. The number of rotatable bonds is 7. The van der Waals surface area contributed by atoms with E-state index in [1.54, 1.807) is 6.92 Å². The predicted octanol–water partition coefficient (Wildman–Crippen LogP) is 4.54. The first-order chi connectivity index (χ1) is 11.5. The van der Waals surface area contributed by atoms with E-state index in [0.29, 0.717) is 13.0 Å². The van der Waals surface area contributed by atoms with E-state index in [0.717, 1.165) is 12.8 Å². The predicted molar refractivity (Wildman–Crippen MR) is 97.5 cm³/mol. The van der Waals surface area contributed by atoms with Crippen molar-refractivity contribution in [3.63, 3.8) is 0 Å². The van der Waals surface area contributed by atoms with Crippen molar-refractivity contribution < 1.29 is 14.3 Å². The molecule has 0 aliphatic heterocycles. The number of carbonyl (C=O) groups is 1. The van der Waals surface area contributed by atoms with Crippen LogP contribution in [0.15, 0.2) is 60.8 Å². The third-order valence-corrected chi connectivity index (χ3v) is 4.50. The number of methoxy groups -OCH3 is 1. The molecule has 0 aromatic carbocycles. The highest BCUT2D eigenvalue weighted by molar-refractivity contribution is 5.74. The molecule has 24 heavy (non-hydrogen) atoms. The third-order valence-electron chi connectivity index (χ3n) is 4.50. The minimum absolute atomic E-state index is 0.00731. The van der Waals surface area contributed by atoms with Crippen molar-refractivity contribution in [1.82, 2.24) is 0 Å². The van der Waals surface area contributed by atoms with E-state index in [1.807, 2.05) is 6.08 Å². The van der Waals surface area contributed by atoms with Gasteiger partial charge in [-0.2, -0.15) is 0 Å². The van der Waals surface area contributed by atoms with Gasteiger partial charge in [0.15, 0.2) is 6.10 Å². The summed E-state index contributed by atoms with van der Waals surface area (Å²) >= 11 is 0. The van der Waals surface area contributed by atoms with Crippen LogP contribution in [0.1, 0.15) is 33.1 Å². The Morgan fingerprint density at radius 2 is 1.79 bits per heavy atom. The van der Waals surface area contributed by atoms with Gasteiger partial charge >= 0.3 is 5.97 Å². The number of hydrogen-bond acceptors (Lipinski definition) is 3. The van der Waals surface area contributed by atoms with E-state index in [-0.39, 0.29) is 16.8 Å². The Hall–Kier alpha value is -1.87. The van der Waals surface area contributed by atoms with E-state index in [9.17, 15) is 4.79 Å². The van der Waals surface area contributed by atoms with Gasteiger partial charge in [0, 0.05) is 24.4 Å². The van der Waals surface area contributed by atoms with E-state index >= 15 is 0 Å². The van der Waals surface area contributed by atoms with Gasteiger partial charge in [-0.15, -0.1) is 0 Å². The van der Waals surface area contributed by atoms with E-state index < -0.39 is 6.10 Å². The molecule has 2 rings (SSSR count). The second-order valence-electron chi connectivity index (χ2n) is 6.60. The molecule has 0 bridgehead atoms. The summed E-state index contributed by atoms with van der Waals surface area (Å²) in [6.45, 7) is 4.39. The van der Waals surface area contributed by atoms with Crippen LogP contribution in [0.5, 0.6) is 0 Å². The van der Waals surface area contributed by atoms with Gasteiger partial charge in [-0.05, 0) is 19.8 Å². The highest BCUT2D eigenvalue weighted by Gasteiger charge is 2.27. The van der Waals surface area contributed by atoms with E-state index in [4.69, 9.17) is 9.47 Å². The van der Waals surface area contributed by atoms with Crippen LogP contribution in [0.3, 0.4) is 0 Å². The van der Waals surface area contributed by atoms with Gasteiger partial charge in [0.05, 0.1) is 6.61 Å². The van der Waals surface area contributed by atoms with Crippen molar-refractivity contribution in [3.05, 3.63) is 60.8 Å². The maximum absolute atomic E-state index is 11.7. The van der Waals surface area contributed by atoms with E-state index in [2.05, 4.69) is 61.6 Å². The number of allylic oxidation sites excluding steroid dienone is 9. The van der Waals surface area contributed by atoms with Crippen LogP contribution >= 0.6 is 0 Å². The minimum Gasteiger partial charge on any atom is -0.464 e. The van der Waals surface area contributed by atoms with Crippen LogP contribution in [-0.4, -0.2) is 25.8 Å². The summed E-state index contributed by atoms with van der Waals surface area (Å²) in [5.41, 5.74) is -0.0279. The fourth-order valence-corrected chi connectivity index (χ4v) is 2.90. The minimum atomic E-state index is -0.521. The number of carbonyl (C=O) groups excluding carboxylic acids is 1. The summed E-state index contributed by atoms with van der Waals surface area (Å²) in [5.74, 6) is -0.300. The molecule has 0 heterocycles. The largest absolute Gasteiger partial charge is 0.464 e. The lowest BCUT2D eigenvalue weighted by molar-refractivity contribution is -0.154. The fraction of sp³-hybridized carbons (Fsp3) is 0.476. The van der Waals surface area contributed by atoms with Crippen molar-refractivity contribution in [2.75, 3.05) is 13.7 Å². The first-order valence-electron chi connectivity index (χ1n) is 8.63. The standard InChI is InChI=1S/C21H28O3/c1-4-24-19(22)18(23-3)10-6-9-11-20(2)14-16-21(17-15-20)12-7-5-8-13-21/h6-9,12-18H,4-5,10-11H2,1-3H3/b9-6+. The first-order valence-corrected chi connectivity index (χ1v) is 8.63. The van der Waals surface area contributed by atoms with Gasteiger partial charge in [-0.3, -0.25) is 0 Å². The highest BCUT2D eigenvalue weighted by atomic mass is 16.6. The fourth-order valence-electron chi connectivity index (χ4n) is 2.90. The molecule has 0 radical (unpaired) electrons. The second kappa shape index (κ2) is 8.29. The van der Waals surface area contributed by atoms with Gasteiger partial charge in [0.1, 0.15) is 0 Å². The average molecular weight is 328 g/mol.